The quantitative estimate of drug-likeness (QED) is 0.804. The molecule has 1 aromatic carbocycles. The Morgan fingerprint density at radius 2 is 2.15 bits per heavy atom. The van der Waals surface area contributed by atoms with E-state index in [-0.39, 0.29) is 11.8 Å². The van der Waals surface area contributed by atoms with Gasteiger partial charge in [0, 0.05) is 42.8 Å². The second kappa shape index (κ2) is 6.94. The Bertz CT molecular complexity index is 501. The maximum Gasteiger partial charge on any atom is 0.134 e. The Hall–Kier alpha value is -0.550. The summed E-state index contributed by atoms with van der Waals surface area (Å²) in [6, 6.07) is 3.69. The number of halogens is 2. The van der Waals surface area contributed by atoms with Crippen molar-refractivity contribution in [3.8, 4) is 5.75 Å². The van der Waals surface area contributed by atoms with E-state index < -0.39 is 0 Å². The second-order valence-electron chi connectivity index (χ2n) is 5.29. The molecule has 110 valence electrons. The van der Waals surface area contributed by atoms with Crippen molar-refractivity contribution in [2.24, 2.45) is 0 Å². The molecule has 2 N–H and O–H groups in total. The van der Waals surface area contributed by atoms with E-state index in [4.69, 9.17) is 11.6 Å². The summed E-state index contributed by atoms with van der Waals surface area (Å²) in [5.41, 5.74) is 1.97. The van der Waals surface area contributed by atoms with Crippen LogP contribution in [0.4, 0.5) is 0 Å². The van der Waals surface area contributed by atoms with Crippen molar-refractivity contribution in [3.63, 3.8) is 0 Å². The largest absolute Gasteiger partial charge is 0.506 e. The summed E-state index contributed by atoms with van der Waals surface area (Å²) in [7, 11) is 0. The molecule has 1 atom stereocenters. The zero-order valence-electron chi connectivity index (χ0n) is 11.6. The van der Waals surface area contributed by atoms with E-state index in [2.05, 4.69) is 32.7 Å². The van der Waals surface area contributed by atoms with Crippen LogP contribution in [-0.2, 0) is 0 Å². The average molecular weight is 360 g/mol. The molecule has 1 aliphatic heterocycles. The third kappa shape index (κ3) is 3.76. The lowest BCUT2D eigenvalue weighted by Gasteiger charge is -2.36. The van der Waals surface area contributed by atoms with E-state index in [1.54, 1.807) is 6.07 Å². The van der Waals surface area contributed by atoms with Crippen molar-refractivity contribution >= 4 is 27.5 Å². The van der Waals surface area contributed by atoms with E-state index in [9.17, 15) is 5.11 Å². The highest BCUT2D eigenvalue weighted by Crippen LogP contribution is 2.39. The van der Waals surface area contributed by atoms with Gasteiger partial charge < -0.3 is 10.4 Å². The third-order valence-corrected chi connectivity index (χ3v) is 4.37. The number of piperazine rings is 1. The van der Waals surface area contributed by atoms with Crippen LogP contribution in [0.2, 0.25) is 5.02 Å². The summed E-state index contributed by atoms with van der Waals surface area (Å²) in [5, 5.41) is 14.3. The molecule has 3 nitrogen and oxygen atoms in total. The first-order valence-electron chi connectivity index (χ1n) is 6.76. The van der Waals surface area contributed by atoms with Crippen LogP contribution in [0.25, 0.3) is 0 Å². The molecule has 2 rings (SSSR count). The Kier molecular flexibility index (Phi) is 5.49. The zero-order valence-corrected chi connectivity index (χ0v) is 14.0. The van der Waals surface area contributed by atoms with Gasteiger partial charge in [0.05, 0.1) is 4.47 Å². The van der Waals surface area contributed by atoms with Gasteiger partial charge in [-0.3, -0.25) is 4.90 Å². The van der Waals surface area contributed by atoms with Crippen LogP contribution < -0.4 is 5.32 Å². The smallest absolute Gasteiger partial charge is 0.134 e. The lowest BCUT2D eigenvalue weighted by molar-refractivity contribution is 0.170. The van der Waals surface area contributed by atoms with E-state index in [1.807, 2.05) is 13.0 Å². The fraction of sp³-hybridized carbons (Fsp3) is 0.467. The first-order chi connectivity index (χ1) is 9.49. The molecule has 5 heteroatoms. The van der Waals surface area contributed by atoms with Crippen molar-refractivity contribution in [2.75, 3.05) is 26.2 Å². The summed E-state index contributed by atoms with van der Waals surface area (Å²) in [6.07, 6.45) is 0.820. The minimum absolute atomic E-state index is 0.115. The van der Waals surface area contributed by atoms with Crippen molar-refractivity contribution in [3.05, 3.63) is 39.3 Å². The predicted molar refractivity (Wildman–Crippen MR) is 87.4 cm³/mol. The fourth-order valence-electron chi connectivity index (χ4n) is 2.60. The van der Waals surface area contributed by atoms with Gasteiger partial charge in [-0.05, 0) is 41.4 Å². The van der Waals surface area contributed by atoms with Crippen LogP contribution in [0.5, 0.6) is 5.75 Å². The van der Waals surface area contributed by atoms with Crippen molar-refractivity contribution in [1.29, 1.82) is 0 Å². The molecule has 0 amide bonds. The molecule has 0 spiro atoms. The summed E-state index contributed by atoms with van der Waals surface area (Å²) in [5.74, 6) is 0.277. The van der Waals surface area contributed by atoms with E-state index in [1.165, 1.54) is 0 Å². The minimum atomic E-state index is 0.115. The van der Waals surface area contributed by atoms with Crippen LogP contribution in [0, 0.1) is 0 Å². The minimum Gasteiger partial charge on any atom is -0.506 e. The number of hydrogen-bond donors (Lipinski definition) is 2. The molecule has 0 saturated carbocycles. The summed E-state index contributed by atoms with van der Waals surface area (Å²) >= 11 is 9.51. The van der Waals surface area contributed by atoms with Gasteiger partial charge in [-0.2, -0.15) is 0 Å². The number of rotatable bonds is 4. The number of aromatic hydroxyl groups is 1. The van der Waals surface area contributed by atoms with E-state index >= 15 is 0 Å². The molecule has 1 heterocycles. The molecular weight excluding hydrogens is 340 g/mol. The van der Waals surface area contributed by atoms with Crippen LogP contribution in [-0.4, -0.2) is 36.2 Å². The first-order valence-corrected chi connectivity index (χ1v) is 7.93. The molecule has 1 fully saturated rings. The van der Waals surface area contributed by atoms with Gasteiger partial charge in [0.1, 0.15) is 5.75 Å². The maximum absolute atomic E-state index is 10.4. The fourth-order valence-corrected chi connectivity index (χ4v) is 3.43. The predicted octanol–water partition coefficient (Wildman–Crippen LogP) is 3.72. The van der Waals surface area contributed by atoms with Gasteiger partial charge in [-0.25, -0.2) is 0 Å². The molecule has 20 heavy (non-hydrogen) atoms. The Labute approximate surface area is 133 Å². The average Bonchev–Trinajstić information content (AvgIpc) is 2.41. The molecule has 0 aromatic heterocycles. The Balaban J connectivity index is 2.37. The molecule has 1 saturated heterocycles. The summed E-state index contributed by atoms with van der Waals surface area (Å²) < 4.78 is 0.641. The van der Waals surface area contributed by atoms with Crippen LogP contribution in [0.1, 0.15) is 24.9 Å². The highest BCUT2D eigenvalue weighted by Gasteiger charge is 2.25. The maximum atomic E-state index is 10.4. The molecule has 0 bridgehead atoms. The topological polar surface area (TPSA) is 35.5 Å². The van der Waals surface area contributed by atoms with Crippen LogP contribution in [0.3, 0.4) is 0 Å². The van der Waals surface area contributed by atoms with Gasteiger partial charge in [0.2, 0.25) is 0 Å². The summed E-state index contributed by atoms with van der Waals surface area (Å²) in [4.78, 5) is 2.38. The normalized spacial score (nSPS) is 17.9. The molecule has 1 aromatic rings. The Morgan fingerprint density at radius 3 is 2.75 bits per heavy atom. The Morgan fingerprint density at radius 1 is 1.50 bits per heavy atom. The van der Waals surface area contributed by atoms with Gasteiger partial charge >= 0.3 is 0 Å². The van der Waals surface area contributed by atoms with E-state index in [0.29, 0.717) is 9.50 Å². The lowest BCUT2D eigenvalue weighted by Crippen LogP contribution is -2.45. The number of benzene rings is 1. The second-order valence-corrected chi connectivity index (χ2v) is 6.58. The van der Waals surface area contributed by atoms with Gasteiger partial charge in [0.15, 0.2) is 0 Å². The number of phenolic OH excluding ortho intramolecular Hbond substituents is 1. The first kappa shape index (κ1) is 15.8. The van der Waals surface area contributed by atoms with Gasteiger partial charge in [0.25, 0.3) is 0 Å². The van der Waals surface area contributed by atoms with Crippen molar-refractivity contribution in [1.82, 2.24) is 10.2 Å². The number of nitrogens with zero attached hydrogens (tertiary/aromatic N) is 1. The molecule has 0 unspecified atom stereocenters. The SMILES string of the molecule is C=C(C)C[C@@H](c1cc(Cl)cc(Br)c1O)N1CCNCC1. The number of hydrogen-bond acceptors (Lipinski definition) is 3. The van der Waals surface area contributed by atoms with Crippen LogP contribution in [0.15, 0.2) is 28.8 Å². The van der Waals surface area contributed by atoms with Gasteiger partial charge in [-0.1, -0.05) is 17.2 Å². The lowest BCUT2D eigenvalue weighted by atomic mass is 9.97. The van der Waals surface area contributed by atoms with Crippen LogP contribution >= 0.6 is 27.5 Å². The molecular formula is C15H20BrClN2O. The van der Waals surface area contributed by atoms with E-state index in [0.717, 1.165) is 43.7 Å². The molecule has 0 radical (unpaired) electrons. The molecule has 0 aliphatic carbocycles. The molecule has 1 aliphatic rings. The highest BCUT2D eigenvalue weighted by atomic mass is 79.9. The number of phenols is 1. The highest BCUT2D eigenvalue weighted by molar-refractivity contribution is 9.10. The zero-order chi connectivity index (χ0) is 14.7. The van der Waals surface area contributed by atoms with Crippen molar-refractivity contribution in [2.45, 2.75) is 19.4 Å². The number of nitrogens with one attached hydrogen (secondary N) is 1. The van der Waals surface area contributed by atoms with Gasteiger partial charge in [-0.15, -0.1) is 6.58 Å². The van der Waals surface area contributed by atoms with Crippen molar-refractivity contribution < 1.29 is 5.11 Å². The standard InChI is InChI=1S/C15H20BrClN2O/c1-10(2)7-14(19-5-3-18-4-6-19)12-8-11(17)9-13(16)15(12)20/h8-9,14,18,20H,1,3-7H2,2H3/t14-/m0/s1. The monoisotopic (exact) mass is 358 g/mol. The summed E-state index contributed by atoms with van der Waals surface area (Å²) in [6.45, 7) is 9.90. The third-order valence-electron chi connectivity index (χ3n) is 3.55.